The Bertz CT molecular complexity index is 637. The molecule has 2 fully saturated rings. The van der Waals surface area contributed by atoms with Crippen LogP contribution in [-0.2, 0) is 10.0 Å². The Morgan fingerprint density at radius 2 is 2.05 bits per heavy atom. The molecular formula is C13H16BrClN2O2S. The summed E-state index contributed by atoms with van der Waals surface area (Å²) < 4.78 is 27.5. The molecule has 0 radical (unpaired) electrons. The van der Waals surface area contributed by atoms with Gasteiger partial charge in [-0.25, -0.2) is 8.42 Å². The van der Waals surface area contributed by atoms with Gasteiger partial charge in [0.1, 0.15) is 0 Å². The van der Waals surface area contributed by atoms with Gasteiger partial charge in [0.05, 0.1) is 4.90 Å². The molecule has 1 aliphatic carbocycles. The summed E-state index contributed by atoms with van der Waals surface area (Å²) in [5.74, 6) is 0.710. The fraction of sp³-hybridized carbons (Fsp3) is 0.538. The first kappa shape index (κ1) is 14.8. The highest BCUT2D eigenvalue weighted by Crippen LogP contribution is 2.40. The fourth-order valence-corrected chi connectivity index (χ4v) is 6.16. The minimum atomic E-state index is -3.48. The van der Waals surface area contributed by atoms with Gasteiger partial charge in [-0.1, -0.05) is 11.6 Å². The molecule has 2 aliphatic rings. The summed E-state index contributed by atoms with van der Waals surface area (Å²) in [6, 6.07) is 4.89. The van der Waals surface area contributed by atoms with Crippen molar-refractivity contribution in [1.29, 1.82) is 0 Å². The largest absolute Gasteiger partial charge is 0.327 e. The summed E-state index contributed by atoms with van der Waals surface area (Å²) in [5, 5.41) is 0.510. The molecule has 7 heteroatoms. The Labute approximate surface area is 132 Å². The van der Waals surface area contributed by atoms with E-state index in [-0.39, 0.29) is 10.9 Å². The first-order valence-electron chi connectivity index (χ1n) is 6.60. The highest BCUT2D eigenvalue weighted by Gasteiger charge is 2.45. The molecule has 3 atom stereocenters. The topological polar surface area (TPSA) is 63.4 Å². The van der Waals surface area contributed by atoms with E-state index >= 15 is 0 Å². The number of benzene rings is 1. The molecule has 0 spiro atoms. The number of sulfonamides is 1. The van der Waals surface area contributed by atoms with Crippen LogP contribution in [0.3, 0.4) is 0 Å². The van der Waals surface area contributed by atoms with E-state index in [2.05, 4.69) is 15.9 Å². The molecule has 1 saturated carbocycles. The van der Waals surface area contributed by atoms with Gasteiger partial charge in [-0.2, -0.15) is 4.31 Å². The Kier molecular flexibility index (Phi) is 3.88. The van der Waals surface area contributed by atoms with Crippen molar-refractivity contribution in [2.24, 2.45) is 17.6 Å². The maximum absolute atomic E-state index is 12.7. The molecular weight excluding hydrogens is 364 g/mol. The number of halogens is 2. The number of rotatable bonds is 2. The normalized spacial score (nSPS) is 30.6. The highest BCUT2D eigenvalue weighted by molar-refractivity contribution is 9.10. The number of hydrogen-bond donors (Lipinski definition) is 1. The number of hydrogen-bond acceptors (Lipinski definition) is 3. The van der Waals surface area contributed by atoms with Crippen molar-refractivity contribution >= 4 is 37.6 Å². The van der Waals surface area contributed by atoms with Crippen molar-refractivity contribution in [3.63, 3.8) is 0 Å². The van der Waals surface area contributed by atoms with Gasteiger partial charge in [0.15, 0.2) is 0 Å². The summed E-state index contributed by atoms with van der Waals surface area (Å²) in [7, 11) is -3.48. The highest BCUT2D eigenvalue weighted by atomic mass is 79.9. The van der Waals surface area contributed by atoms with Gasteiger partial charge in [-0.15, -0.1) is 0 Å². The Balaban J connectivity index is 1.90. The van der Waals surface area contributed by atoms with E-state index in [1.54, 1.807) is 22.5 Å². The van der Waals surface area contributed by atoms with Crippen LogP contribution in [-0.4, -0.2) is 31.9 Å². The summed E-state index contributed by atoms with van der Waals surface area (Å²) in [4.78, 5) is 0.274. The molecule has 4 nitrogen and oxygen atoms in total. The van der Waals surface area contributed by atoms with Gasteiger partial charge >= 0.3 is 0 Å². The van der Waals surface area contributed by atoms with Gasteiger partial charge in [0, 0.05) is 28.6 Å². The average molecular weight is 380 g/mol. The molecule has 1 heterocycles. The summed E-state index contributed by atoms with van der Waals surface area (Å²) in [5.41, 5.74) is 6.07. The van der Waals surface area contributed by atoms with Crippen molar-refractivity contribution in [1.82, 2.24) is 4.31 Å². The monoisotopic (exact) mass is 378 g/mol. The van der Waals surface area contributed by atoms with Crippen LogP contribution in [0.2, 0.25) is 5.02 Å². The fourth-order valence-electron chi connectivity index (χ4n) is 3.29. The maximum atomic E-state index is 12.7. The molecule has 110 valence electrons. The van der Waals surface area contributed by atoms with Crippen LogP contribution in [0.15, 0.2) is 27.6 Å². The van der Waals surface area contributed by atoms with Gasteiger partial charge in [-0.05, 0) is 58.8 Å². The lowest BCUT2D eigenvalue weighted by molar-refractivity contribution is 0.427. The minimum Gasteiger partial charge on any atom is -0.327 e. The van der Waals surface area contributed by atoms with E-state index in [1.807, 2.05) is 0 Å². The predicted molar refractivity (Wildman–Crippen MR) is 82.1 cm³/mol. The van der Waals surface area contributed by atoms with E-state index < -0.39 is 10.0 Å². The molecule has 0 bridgehead atoms. The lowest BCUT2D eigenvalue weighted by Gasteiger charge is -2.19. The molecule has 0 aromatic heterocycles. The molecule has 1 aliphatic heterocycles. The number of fused-ring (bicyclic) bond motifs is 1. The molecule has 1 saturated heterocycles. The third kappa shape index (κ3) is 2.41. The molecule has 3 unspecified atom stereocenters. The van der Waals surface area contributed by atoms with E-state index in [9.17, 15) is 8.42 Å². The van der Waals surface area contributed by atoms with Crippen LogP contribution in [0.1, 0.15) is 12.8 Å². The van der Waals surface area contributed by atoms with Crippen molar-refractivity contribution < 1.29 is 8.42 Å². The van der Waals surface area contributed by atoms with Crippen LogP contribution in [0, 0.1) is 11.8 Å². The van der Waals surface area contributed by atoms with Crippen LogP contribution < -0.4 is 5.73 Å². The maximum Gasteiger partial charge on any atom is 0.244 e. The average Bonchev–Trinajstić information content (AvgIpc) is 2.92. The van der Waals surface area contributed by atoms with Crippen molar-refractivity contribution in [3.8, 4) is 0 Å². The van der Waals surface area contributed by atoms with Gasteiger partial charge in [0.2, 0.25) is 10.0 Å². The van der Waals surface area contributed by atoms with E-state index in [1.165, 1.54) is 0 Å². The molecule has 20 heavy (non-hydrogen) atoms. The first-order valence-corrected chi connectivity index (χ1v) is 9.21. The van der Waals surface area contributed by atoms with E-state index in [0.717, 1.165) is 12.8 Å². The third-order valence-electron chi connectivity index (χ3n) is 4.39. The van der Waals surface area contributed by atoms with Gasteiger partial charge < -0.3 is 5.73 Å². The van der Waals surface area contributed by atoms with Crippen LogP contribution in [0.25, 0.3) is 0 Å². The molecule has 1 aromatic rings. The van der Waals surface area contributed by atoms with Crippen LogP contribution >= 0.6 is 27.5 Å². The van der Waals surface area contributed by atoms with Crippen molar-refractivity contribution in [2.45, 2.75) is 23.8 Å². The number of nitrogens with two attached hydrogens (primary N) is 1. The summed E-state index contributed by atoms with van der Waals surface area (Å²) in [6.07, 6.45) is 2.04. The molecule has 2 N–H and O–H groups in total. The predicted octanol–water partition coefficient (Wildman–Crippen LogP) is 2.46. The van der Waals surface area contributed by atoms with E-state index in [0.29, 0.717) is 34.4 Å². The quantitative estimate of drug-likeness (QED) is 0.858. The van der Waals surface area contributed by atoms with Crippen LogP contribution in [0.5, 0.6) is 0 Å². The second-order valence-electron chi connectivity index (χ2n) is 5.56. The Hall–Kier alpha value is -0.140. The zero-order valence-corrected chi connectivity index (χ0v) is 14.0. The Morgan fingerprint density at radius 3 is 2.70 bits per heavy atom. The lowest BCUT2D eigenvalue weighted by atomic mass is 9.98. The van der Waals surface area contributed by atoms with Crippen molar-refractivity contribution in [2.75, 3.05) is 13.1 Å². The zero-order chi connectivity index (χ0) is 14.5. The van der Waals surface area contributed by atoms with Gasteiger partial charge in [0.25, 0.3) is 0 Å². The molecule has 0 amide bonds. The molecule has 1 aromatic carbocycles. The second-order valence-corrected chi connectivity index (χ2v) is 8.76. The van der Waals surface area contributed by atoms with Crippen molar-refractivity contribution in [3.05, 3.63) is 27.7 Å². The smallest absolute Gasteiger partial charge is 0.244 e. The van der Waals surface area contributed by atoms with Crippen LogP contribution in [0.4, 0.5) is 0 Å². The third-order valence-corrected chi connectivity index (χ3v) is 7.43. The SMILES string of the molecule is NC1CCC2CN(S(=O)(=O)c3ccc(Cl)cc3Br)CC12. The second kappa shape index (κ2) is 5.25. The number of nitrogens with zero attached hydrogens (tertiary/aromatic N) is 1. The summed E-state index contributed by atoms with van der Waals surface area (Å²) >= 11 is 9.16. The minimum absolute atomic E-state index is 0.133. The standard InChI is InChI=1S/C13H16BrClN2O2S/c14-11-5-9(15)2-4-13(11)20(18,19)17-6-8-1-3-12(16)10(8)7-17/h2,4-5,8,10,12H,1,3,6-7,16H2. The Morgan fingerprint density at radius 1 is 1.30 bits per heavy atom. The van der Waals surface area contributed by atoms with Gasteiger partial charge in [-0.3, -0.25) is 0 Å². The first-order chi connectivity index (χ1) is 9.39. The summed E-state index contributed by atoms with van der Waals surface area (Å²) in [6.45, 7) is 1.11. The van der Waals surface area contributed by atoms with E-state index in [4.69, 9.17) is 17.3 Å². The zero-order valence-electron chi connectivity index (χ0n) is 10.8. The lowest BCUT2D eigenvalue weighted by Crippen LogP contribution is -2.33. The molecule has 3 rings (SSSR count).